The minimum absolute atomic E-state index is 0.544. The second-order valence-electron chi connectivity index (χ2n) is 4.00. The van der Waals surface area contributed by atoms with Crippen molar-refractivity contribution in [2.24, 2.45) is 0 Å². The van der Waals surface area contributed by atoms with Crippen molar-refractivity contribution in [3.63, 3.8) is 0 Å². The van der Waals surface area contributed by atoms with Gasteiger partial charge in [-0.15, -0.1) is 11.3 Å². The van der Waals surface area contributed by atoms with Crippen LogP contribution in [-0.2, 0) is 13.2 Å². The summed E-state index contributed by atoms with van der Waals surface area (Å²) in [6, 6.07) is 8.15. The zero-order valence-corrected chi connectivity index (χ0v) is 11.4. The van der Waals surface area contributed by atoms with Gasteiger partial charge in [-0.2, -0.15) is 0 Å². The highest BCUT2D eigenvalue weighted by Crippen LogP contribution is 2.19. The van der Waals surface area contributed by atoms with E-state index < -0.39 is 0 Å². The quantitative estimate of drug-likeness (QED) is 0.778. The van der Waals surface area contributed by atoms with Crippen LogP contribution in [-0.4, -0.2) is 11.5 Å². The van der Waals surface area contributed by atoms with Gasteiger partial charge in [-0.1, -0.05) is 25.1 Å². The van der Waals surface area contributed by atoms with E-state index in [2.05, 4.69) is 23.3 Å². The molecule has 0 fully saturated rings. The molecule has 0 aliphatic rings. The number of rotatable bonds is 7. The van der Waals surface area contributed by atoms with E-state index in [1.54, 1.807) is 17.5 Å². The Morgan fingerprint density at radius 1 is 1.33 bits per heavy atom. The van der Waals surface area contributed by atoms with Crippen molar-refractivity contribution in [2.45, 2.75) is 26.5 Å². The van der Waals surface area contributed by atoms with Crippen LogP contribution in [0.5, 0.6) is 5.75 Å². The fourth-order valence-corrected chi connectivity index (χ4v) is 2.18. The van der Waals surface area contributed by atoms with Gasteiger partial charge in [-0.25, -0.2) is 4.98 Å². The lowest BCUT2D eigenvalue weighted by Gasteiger charge is -2.11. The molecule has 4 heteroatoms. The van der Waals surface area contributed by atoms with Crippen LogP contribution in [0, 0.1) is 0 Å². The summed E-state index contributed by atoms with van der Waals surface area (Å²) in [5.41, 5.74) is 1.20. The van der Waals surface area contributed by atoms with E-state index >= 15 is 0 Å². The molecular weight excluding hydrogens is 244 g/mol. The van der Waals surface area contributed by atoms with Crippen LogP contribution in [0.1, 0.15) is 23.9 Å². The van der Waals surface area contributed by atoms with Crippen LogP contribution in [0.15, 0.2) is 35.8 Å². The summed E-state index contributed by atoms with van der Waals surface area (Å²) in [6.45, 7) is 4.59. The molecule has 0 radical (unpaired) electrons. The molecule has 0 aliphatic heterocycles. The largest absolute Gasteiger partial charge is 0.486 e. The molecule has 0 saturated carbocycles. The second-order valence-corrected chi connectivity index (χ2v) is 4.98. The van der Waals surface area contributed by atoms with Gasteiger partial charge in [0.25, 0.3) is 0 Å². The third-order valence-electron chi connectivity index (χ3n) is 2.55. The molecule has 3 nitrogen and oxygen atoms in total. The van der Waals surface area contributed by atoms with Crippen LogP contribution in [0.4, 0.5) is 0 Å². The number of nitrogens with one attached hydrogen (secondary N) is 1. The van der Waals surface area contributed by atoms with Crippen LogP contribution >= 0.6 is 11.3 Å². The van der Waals surface area contributed by atoms with Gasteiger partial charge in [0.2, 0.25) is 0 Å². The summed E-state index contributed by atoms with van der Waals surface area (Å²) in [7, 11) is 0. The molecule has 18 heavy (non-hydrogen) atoms. The average molecular weight is 262 g/mol. The fraction of sp³-hybridized carbons (Fsp3) is 0.357. The highest BCUT2D eigenvalue weighted by atomic mass is 32.1. The Kier molecular flexibility index (Phi) is 5.17. The molecule has 1 aromatic carbocycles. The van der Waals surface area contributed by atoms with Crippen LogP contribution in [0.2, 0.25) is 0 Å². The third-order valence-corrected chi connectivity index (χ3v) is 3.30. The maximum atomic E-state index is 5.82. The predicted molar refractivity (Wildman–Crippen MR) is 74.9 cm³/mol. The molecule has 1 aromatic heterocycles. The van der Waals surface area contributed by atoms with E-state index in [-0.39, 0.29) is 0 Å². The van der Waals surface area contributed by atoms with Crippen LogP contribution in [0.3, 0.4) is 0 Å². The second kappa shape index (κ2) is 7.13. The minimum Gasteiger partial charge on any atom is -0.486 e. The number of hydrogen-bond acceptors (Lipinski definition) is 4. The molecule has 0 spiro atoms. The van der Waals surface area contributed by atoms with E-state index in [1.165, 1.54) is 5.56 Å². The number of hydrogen-bond donors (Lipinski definition) is 1. The fourth-order valence-electron chi connectivity index (χ4n) is 1.65. The third kappa shape index (κ3) is 3.82. The van der Waals surface area contributed by atoms with Crippen molar-refractivity contribution in [1.82, 2.24) is 10.3 Å². The van der Waals surface area contributed by atoms with Crippen molar-refractivity contribution in [1.29, 1.82) is 0 Å². The number of thiazole rings is 1. The van der Waals surface area contributed by atoms with Gasteiger partial charge >= 0.3 is 0 Å². The summed E-state index contributed by atoms with van der Waals surface area (Å²) in [6.07, 6.45) is 2.94. The molecule has 0 aliphatic carbocycles. The average Bonchev–Trinajstić information content (AvgIpc) is 2.91. The Morgan fingerprint density at radius 2 is 2.22 bits per heavy atom. The van der Waals surface area contributed by atoms with Crippen LogP contribution in [0.25, 0.3) is 0 Å². The molecule has 96 valence electrons. The summed E-state index contributed by atoms with van der Waals surface area (Å²) in [5, 5.41) is 6.36. The molecule has 1 N–H and O–H groups in total. The molecule has 1 heterocycles. The smallest absolute Gasteiger partial charge is 0.140 e. The molecule has 0 unspecified atom stereocenters. The van der Waals surface area contributed by atoms with Gasteiger partial charge < -0.3 is 10.1 Å². The lowest BCUT2D eigenvalue weighted by Crippen LogP contribution is -2.14. The molecular formula is C14H18N2OS. The zero-order valence-electron chi connectivity index (χ0n) is 10.6. The Balaban J connectivity index is 1.94. The Morgan fingerprint density at radius 3 is 3.00 bits per heavy atom. The number of aromatic nitrogens is 1. The standard InChI is InChI=1S/C14H18N2OS/c1-2-7-15-10-12-5-3-4-6-13(12)17-11-14-16-8-9-18-14/h3-6,8-9,15H,2,7,10-11H2,1H3. The van der Waals surface area contributed by atoms with Gasteiger partial charge in [0.15, 0.2) is 0 Å². The minimum atomic E-state index is 0.544. The van der Waals surface area contributed by atoms with Crippen molar-refractivity contribution >= 4 is 11.3 Å². The first-order valence-corrected chi connectivity index (χ1v) is 7.08. The van der Waals surface area contributed by atoms with Gasteiger partial charge in [-0.05, 0) is 19.0 Å². The summed E-state index contributed by atoms with van der Waals surface area (Å²) in [5.74, 6) is 0.941. The highest BCUT2D eigenvalue weighted by Gasteiger charge is 2.03. The first-order valence-electron chi connectivity index (χ1n) is 6.20. The molecule has 0 saturated heterocycles. The molecule has 2 aromatic rings. The topological polar surface area (TPSA) is 34.1 Å². The Bertz CT molecular complexity index is 457. The van der Waals surface area contributed by atoms with E-state index in [9.17, 15) is 0 Å². The van der Waals surface area contributed by atoms with Gasteiger partial charge in [0.05, 0.1) is 0 Å². The van der Waals surface area contributed by atoms with E-state index in [0.29, 0.717) is 6.61 Å². The van der Waals surface area contributed by atoms with Gasteiger partial charge in [0, 0.05) is 23.7 Å². The number of benzene rings is 1. The lowest BCUT2D eigenvalue weighted by atomic mass is 10.2. The van der Waals surface area contributed by atoms with Crippen molar-refractivity contribution < 1.29 is 4.74 Å². The Labute approximate surface area is 112 Å². The van der Waals surface area contributed by atoms with E-state index in [1.807, 2.05) is 23.6 Å². The van der Waals surface area contributed by atoms with Crippen LogP contribution < -0.4 is 10.1 Å². The number of ether oxygens (including phenoxy) is 1. The van der Waals surface area contributed by atoms with Crippen molar-refractivity contribution in [2.75, 3.05) is 6.54 Å². The first-order chi connectivity index (χ1) is 8.90. The highest BCUT2D eigenvalue weighted by molar-refractivity contribution is 7.09. The monoisotopic (exact) mass is 262 g/mol. The molecule has 2 rings (SSSR count). The Hall–Kier alpha value is -1.39. The molecule has 0 atom stereocenters. The SMILES string of the molecule is CCCNCc1ccccc1OCc1nccs1. The van der Waals surface area contributed by atoms with Gasteiger partial charge in [-0.3, -0.25) is 0 Å². The zero-order chi connectivity index (χ0) is 12.6. The van der Waals surface area contributed by atoms with Crippen molar-refractivity contribution in [3.05, 3.63) is 46.4 Å². The summed E-state index contributed by atoms with van der Waals surface area (Å²) in [4.78, 5) is 4.21. The lowest BCUT2D eigenvalue weighted by molar-refractivity contribution is 0.301. The van der Waals surface area contributed by atoms with Gasteiger partial charge in [0.1, 0.15) is 17.4 Å². The maximum Gasteiger partial charge on any atom is 0.140 e. The molecule has 0 bridgehead atoms. The molecule has 0 amide bonds. The van der Waals surface area contributed by atoms with E-state index in [0.717, 1.165) is 30.3 Å². The summed E-state index contributed by atoms with van der Waals surface area (Å²) >= 11 is 1.62. The predicted octanol–water partition coefficient (Wildman–Crippen LogP) is 3.22. The summed E-state index contributed by atoms with van der Waals surface area (Å²) < 4.78 is 5.82. The first kappa shape index (κ1) is 13.1. The normalized spacial score (nSPS) is 10.5. The van der Waals surface area contributed by atoms with Crippen molar-refractivity contribution in [3.8, 4) is 5.75 Å². The van der Waals surface area contributed by atoms with E-state index in [4.69, 9.17) is 4.74 Å². The number of nitrogens with zero attached hydrogens (tertiary/aromatic N) is 1. The maximum absolute atomic E-state index is 5.82. The number of para-hydroxylation sites is 1.